The lowest BCUT2D eigenvalue weighted by Crippen LogP contribution is -2.17. The number of aromatic hydroxyl groups is 2. The van der Waals surface area contributed by atoms with Gasteiger partial charge in [0, 0.05) is 12.8 Å². The molecule has 0 fully saturated rings. The molecule has 3 aromatic carbocycles. The maximum atomic E-state index is 13.2. The molecule has 0 aliphatic carbocycles. The molecule has 2 N–H and O–H groups in total. The van der Waals surface area contributed by atoms with Crippen LogP contribution in [0, 0.1) is 0 Å². The number of carbonyl (C=O) groups excluding carboxylic acids is 2. The Morgan fingerprint density at radius 2 is 1.23 bits per heavy atom. The quantitative estimate of drug-likeness (QED) is 0.169. The van der Waals surface area contributed by atoms with Crippen LogP contribution in [0.5, 0.6) is 28.7 Å². The smallest absolute Gasteiger partial charge is 0.504 e. The number of ketones is 2. The van der Waals surface area contributed by atoms with Gasteiger partial charge < -0.3 is 24.4 Å². The molecule has 0 spiro atoms. The summed E-state index contributed by atoms with van der Waals surface area (Å²) in [7, 11) is 2.80. The molecule has 0 bridgehead atoms. The minimum Gasteiger partial charge on any atom is -0.504 e. The summed E-state index contributed by atoms with van der Waals surface area (Å²) in [5.41, 5.74) is 1.65. The number of alkyl halides is 3. The summed E-state index contributed by atoms with van der Waals surface area (Å²) in [6.45, 7) is 0. The van der Waals surface area contributed by atoms with Crippen molar-refractivity contribution in [3.63, 3.8) is 0 Å². The Kier molecular flexibility index (Phi) is 9.59. The van der Waals surface area contributed by atoms with Crippen molar-refractivity contribution in [3.8, 4) is 28.7 Å². The summed E-state index contributed by atoms with van der Waals surface area (Å²) in [6, 6.07) is 14.1. The van der Waals surface area contributed by atoms with E-state index in [0.717, 1.165) is 12.1 Å². The average Bonchev–Trinajstić information content (AvgIpc) is 2.90. The molecule has 0 aromatic heterocycles. The van der Waals surface area contributed by atoms with E-state index < -0.39 is 23.7 Å². The highest BCUT2D eigenvalue weighted by Gasteiger charge is 2.31. The van der Waals surface area contributed by atoms with Crippen molar-refractivity contribution < 1.29 is 47.2 Å². The normalized spacial score (nSPS) is 11.0. The van der Waals surface area contributed by atoms with Crippen LogP contribution in [0.2, 0.25) is 0 Å². The van der Waals surface area contributed by atoms with E-state index in [4.69, 9.17) is 9.47 Å². The van der Waals surface area contributed by atoms with Crippen molar-refractivity contribution in [1.82, 2.24) is 0 Å². The van der Waals surface area contributed by atoms with Gasteiger partial charge in [-0.15, -0.1) is 13.2 Å². The lowest BCUT2D eigenvalue weighted by molar-refractivity contribution is -0.274. The number of ether oxygens (including phenoxy) is 3. The molecule has 7 nitrogen and oxygen atoms in total. The van der Waals surface area contributed by atoms with Crippen molar-refractivity contribution in [2.45, 2.75) is 32.0 Å². The third kappa shape index (κ3) is 8.53. The molecule has 0 heterocycles. The number of methoxy groups -OCH3 is 2. The first-order valence-electron chi connectivity index (χ1n) is 11.8. The average molecular weight is 545 g/mol. The van der Waals surface area contributed by atoms with E-state index in [1.54, 1.807) is 24.3 Å². The van der Waals surface area contributed by atoms with E-state index in [9.17, 15) is 33.0 Å². The number of phenolic OH excluding ortho intramolecular Hbond substituents is 2. The van der Waals surface area contributed by atoms with Gasteiger partial charge in [0.1, 0.15) is 5.75 Å². The largest absolute Gasteiger partial charge is 0.573 e. The molecule has 39 heavy (non-hydrogen) atoms. The number of allylic oxidation sites excluding steroid dienone is 1. The summed E-state index contributed by atoms with van der Waals surface area (Å²) in [5.74, 6) is -0.938. The SMILES string of the molecule is COc1cc(CCC(=O)C(=Cc2ccc(OC(F)(F)F)cc2)C(=O)CCc2ccc(O)c(OC)c2)ccc1O. The maximum Gasteiger partial charge on any atom is 0.573 e. The van der Waals surface area contributed by atoms with E-state index in [2.05, 4.69) is 4.74 Å². The molecule has 0 saturated heterocycles. The molecule has 0 radical (unpaired) electrons. The van der Waals surface area contributed by atoms with E-state index in [1.807, 2.05) is 0 Å². The Balaban J connectivity index is 1.81. The van der Waals surface area contributed by atoms with E-state index >= 15 is 0 Å². The Morgan fingerprint density at radius 1 is 0.769 bits per heavy atom. The third-order valence-corrected chi connectivity index (χ3v) is 5.80. The van der Waals surface area contributed by atoms with Crippen LogP contribution in [0.15, 0.2) is 66.2 Å². The molecular weight excluding hydrogens is 517 g/mol. The second kappa shape index (κ2) is 12.9. The minimum absolute atomic E-state index is 0.0339. The van der Waals surface area contributed by atoms with Gasteiger partial charge in [0.25, 0.3) is 0 Å². The van der Waals surface area contributed by atoms with Gasteiger partial charge in [-0.2, -0.15) is 0 Å². The number of hydrogen-bond donors (Lipinski definition) is 2. The standard InChI is InChI=1S/C29H27F3O7/c1-37-27-16-19(7-13-25(27)35)5-11-23(33)22(15-18-3-9-21(10-4-18)39-29(30,31)32)24(34)12-6-20-8-14-26(36)28(17-20)38-2/h3-4,7-10,13-17,35-36H,5-6,11-12H2,1-2H3. The number of halogens is 3. The van der Waals surface area contributed by atoms with Crippen LogP contribution in [-0.4, -0.2) is 42.4 Å². The number of benzene rings is 3. The van der Waals surface area contributed by atoms with E-state index in [1.165, 1.54) is 44.6 Å². The molecule has 0 atom stereocenters. The summed E-state index contributed by atoms with van der Waals surface area (Å²) in [4.78, 5) is 26.4. The lowest BCUT2D eigenvalue weighted by Gasteiger charge is -2.10. The van der Waals surface area contributed by atoms with Crippen LogP contribution in [0.25, 0.3) is 6.08 Å². The first-order valence-corrected chi connectivity index (χ1v) is 11.8. The zero-order valence-corrected chi connectivity index (χ0v) is 21.2. The molecular formula is C29H27F3O7. The van der Waals surface area contributed by atoms with Crippen molar-refractivity contribution in [1.29, 1.82) is 0 Å². The lowest BCUT2D eigenvalue weighted by atomic mass is 9.94. The zero-order valence-electron chi connectivity index (χ0n) is 21.2. The Labute approximate surface area is 223 Å². The van der Waals surface area contributed by atoms with Crippen LogP contribution < -0.4 is 14.2 Å². The van der Waals surface area contributed by atoms with Gasteiger partial charge in [0.2, 0.25) is 0 Å². The van der Waals surface area contributed by atoms with E-state index in [0.29, 0.717) is 16.7 Å². The molecule has 10 heteroatoms. The topological polar surface area (TPSA) is 102 Å². The Hall–Kier alpha value is -4.47. The second-order valence-electron chi connectivity index (χ2n) is 8.53. The third-order valence-electron chi connectivity index (χ3n) is 5.80. The summed E-state index contributed by atoms with van der Waals surface area (Å²) in [5, 5.41) is 19.6. The van der Waals surface area contributed by atoms with Crippen molar-refractivity contribution in [2.75, 3.05) is 14.2 Å². The van der Waals surface area contributed by atoms with Gasteiger partial charge in [0.05, 0.1) is 19.8 Å². The zero-order chi connectivity index (χ0) is 28.6. The number of Topliss-reactive ketones (excluding diaryl/α,β-unsaturated/α-hetero) is 2. The van der Waals surface area contributed by atoms with Gasteiger partial charge in [-0.3, -0.25) is 9.59 Å². The first kappa shape index (κ1) is 29.1. The summed E-state index contributed by atoms with van der Waals surface area (Å²) >= 11 is 0. The minimum atomic E-state index is -4.84. The molecule has 3 rings (SSSR count). The van der Waals surface area contributed by atoms with Crippen molar-refractivity contribution in [3.05, 3.63) is 82.9 Å². The van der Waals surface area contributed by atoms with Gasteiger partial charge in [0.15, 0.2) is 34.6 Å². The maximum absolute atomic E-state index is 13.2. The van der Waals surface area contributed by atoms with Gasteiger partial charge in [-0.05, 0) is 72.0 Å². The number of carbonyl (C=O) groups is 2. The van der Waals surface area contributed by atoms with Crippen LogP contribution in [0.3, 0.4) is 0 Å². The van der Waals surface area contributed by atoms with Crippen LogP contribution >= 0.6 is 0 Å². The van der Waals surface area contributed by atoms with Gasteiger partial charge in [-0.1, -0.05) is 24.3 Å². The molecule has 0 aliphatic rings. The monoisotopic (exact) mass is 544 g/mol. The summed E-state index contributed by atoms with van der Waals surface area (Å²) in [6.07, 6.45) is -3.05. The van der Waals surface area contributed by atoms with Gasteiger partial charge in [-0.25, -0.2) is 0 Å². The highest BCUT2D eigenvalue weighted by atomic mass is 19.4. The number of rotatable bonds is 12. The fraction of sp³-hybridized carbons (Fsp3) is 0.241. The molecule has 0 amide bonds. The second-order valence-corrected chi connectivity index (χ2v) is 8.53. The summed E-state index contributed by atoms with van der Waals surface area (Å²) < 4.78 is 51.5. The Bertz CT molecular complexity index is 1270. The molecule has 0 unspecified atom stereocenters. The molecule has 0 saturated carbocycles. The van der Waals surface area contributed by atoms with Crippen LogP contribution in [-0.2, 0) is 22.4 Å². The molecule has 0 aliphatic heterocycles. The highest BCUT2D eigenvalue weighted by Crippen LogP contribution is 2.29. The molecule has 206 valence electrons. The van der Waals surface area contributed by atoms with Crippen LogP contribution in [0.4, 0.5) is 13.2 Å². The predicted molar refractivity (Wildman–Crippen MR) is 137 cm³/mol. The van der Waals surface area contributed by atoms with Crippen molar-refractivity contribution >= 4 is 17.6 Å². The predicted octanol–water partition coefficient (Wildman–Crippen LogP) is 5.80. The number of aryl methyl sites for hydroxylation is 2. The van der Waals surface area contributed by atoms with E-state index in [-0.39, 0.29) is 54.3 Å². The number of hydrogen-bond acceptors (Lipinski definition) is 7. The Morgan fingerprint density at radius 3 is 1.64 bits per heavy atom. The van der Waals surface area contributed by atoms with Crippen molar-refractivity contribution in [2.24, 2.45) is 0 Å². The number of phenols is 2. The fourth-order valence-corrected chi connectivity index (χ4v) is 3.79. The first-order chi connectivity index (χ1) is 18.5. The molecule has 3 aromatic rings. The highest BCUT2D eigenvalue weighted by molar-refractivity contribution is 6.23. The fourth-order valence-electron chi connectivity index (χ4n) is 3.79. The van der Waals surface area contributed by atoms with Crippen LogP contribution in [0.1, 0.15) is 29.5 Å². The van der Waals surface area contributed by atoms with Gasteiger partial charge >= 0.3 is 6.36 Å².